The smallest absolute Gasteiger partial charge is 0.249 e. The van der Waals surface area contributed by atoms with Crippen LogP contribution in [0.3, 0.4) is 0 Å². The first-order valence-electron chi connectivity index (χ1n) is 7.78. The summed E-state index contributed by atoms with van der Waals surface area (Å²) in [6.45, 7) is 2.04. The average molecular weight is 302 g/mol. The summed E-state index contributed by atoms with van der Waals surface area (Å²) in [5.74, 6) is 0.442. The van der Waals surface area contributed by atoms with Gasteiger partial charge in [0.05, 0.1) is 5.36 Å². The molecule has 2 aromatic heterocycles. The van der Waals surface area contributed by atoms with Crippen LogP contribution in [0.25, 0.3) is 11.0 Å². The van der Waals surface area contributed by atoms with Gasteiger partial charge in [0.1, 0.15) is 0 Å². The van der Waals surface area contributed by atoms with E-state index in [2.05, 4.69) is 9.98 Å². The number of carbonyl (C=O) groups excluding carboxylic acids is 1. The Balaban J connectivity index is 1.81. The minimum absolute atomic E-state index is 0.00884. The molecule has 4 N–H and O–H groups in total. The first kappa shape index (κ1) is 14.8. The number of aromatic nitrogens is 2. The van der Waals surface area contributed by atoms with Crippen molar-refractivity contribution in [3.05, 3.63) is 29.9 Å². The Morgan fingerprint density at radius 3 is 2.82 bits per heavy atom. The lowest BCUT2D eigenvalue weighted by atomic mass is 9.79. The standard InChI is InChI=1S/C16H22N4O2/c1-10(17)11-2-4-12(5-3-11)16(21)19-14-7-9-20(22)15-13(14)6-8-18-15/h6-12,18,22H,2-5,17H2,1H3/t10-,11?,12?/m1/s1. The Labute approximate surface area is 128 Å². The van der Waals surface area contributed by atoms with Gasteiger partial charge in [0, 0.05) is 29.7 Å². The number of nitrogens with one attached hydrogen (secondary N) is 1. The van der Waals surface area contributed by atoms with Crippen LogP contribution in [0, 0.1) is 11.8 Å². The Morgan fingerprint density at radius 2 is 2.14 bits per heavy atom. The van der Waals surface area contributed by atoms with Crippen molar-refractivity contribution in [2.75, 3.05) is 0 Å². The molecule has 2 heterocycles. The molecule has 3 rings (SSSR count). The second-order valence-corrected chi connectivity index (χ2v) is 6.21. The normalized spacial score (nSPS) is 24.5. The van der Waals surface area contributed by atoms with Gasteiger partial charge in [-0.25, -0.2) is 4.99 Å². The number of carbonyl (C=O) groups is 1. The molecule has 0 aromatic carbocycles. The second-order valence-electron chi connectivity index (χ2n) is 6.21. The van der Waals surface area contributed by atoms with Crippen molar-refractivity contribution in [2.45, 2.75) is 38.6 Å². The topological polar surface area (TPSA) is 96.4 Å². The van der Waals surface area contributed by atoms with Crippen LogP contribution in [0.2, 0.25) is 0 Å². The highest BCUT2D eigenvalue weighted by Gasteiger charge is 2.27. The van der Waals surface area contributed by atoms with Crippen molar-refractivity contribution < 1.29 is 10.0 Å². The van der Waals surface area contributed by atoms with Gasteiger partial charge < -0.3 is 15.9 Å². The van der Waals surface area contributed by atoms with E-state index in [9.17, 15) is 10.0 Å². The molecule has 1 aliphatic carbocycles. The number of rotatable bonds is 2. The van der Waals surface area contributed by atoms with E-state index < -0.39 is 0 Å². The van der Waals surface area contributed by atoms with E-state index in [-0.39, 0.29) is 17.9 Å². The number of aromatic amines is 1. The van der Waals surface area contributed by atoms with Gasteiger partial charge in [0.25, 0.3) is 0 Å². The summed E-state index contributed by atoms with van der Waals surface area (Å²) < 4.78 is 0.993. The molecular weight excluding hydrogens is 280 g/mol. The van der Waals surface area contributed by atoms with Crippen molar-refractivity contribution in [3.8, 4) is 0 Å². The Bertz CT molecular complexity index is 736. The fourth-order valence-corrected chi connectivity index (χ4v) is 3.26. The Morgan fingerprint density at radius 1 is 1.41 bits per heavy atom. The molecule has 1 atom stereocenters. The molecule has 118 valence electrons. The zero-order chi connectivity index (χ0) is 15.7. The van der Waals surface area contributed by atoms with E-state index in [4.69, 9.17) is 5.73 Å². The fraction of sp³-hybridized carbons (Fsp3) is 0.500. The van der Waals surface area contributed by atoms with Gasteiger partial charge in [0.2, 0.25) is 5.91 Å². The highest BCUT2D eigenvalue weighted by molar-refractivity contribution is 5.82. The van der Waals surface area contributed by atoms with E-state index in [0.717, 1.165) is 35.8 Å². The number of nitrogens with zero attached hydrogens (tertiary/aromatic N) is 2. The van der Waals surface area contributed by atoms with Crippen LogP contribution in [-0.4, -0.2) is 26.9 Å². The quantitative estimate of drug-likeness (QED) is 0.738. The third-order valence-corrected chi connectivity index (χ3v) is 4.70. The predicted octanol–water partition coefficient (Wildman–Crippen LogP) is 1.79. The molecule has 1 aliphatic rings. The maximum atomic E-state index is 12.4. The fourth-order valence-electron chi connectivity index (χ4n) is 3.26. The molecule has 6 heteroatoms. The highest BCUT2D eigenvalue weighted by atomic mass is 16.5. The number of nitrogens with two attached hydrogens (primary N) is 1. The molecule has 0 aliphatic heterocycles. The lowest BCUT2D eigenvalue weighted by molar-refractivity contribution is -0.123. The van der Waals surface area contributed by atoms with Crippen LogP contribution in [0.4, 0.5) is 0 Å². The maximum absolute atomic E-state index is 12.4. The molecule has 0 unspecified atom stereocenters. The van der Waals surface area contributed by atoms with Crippen LogP contribution in [-0.2, 0) is 4.79 Å². The minimum atomic E-state index is -0.0682. The monoisotopic (exact) mass is 302 g/mol. The van der Waals surface area contributed by atoms with Crippen molar-refractivity contribution in [3.63, 3.8) is 0 Å². The van der Waals surface area contributed by atoms with Gasteiger partial charge >= 0.3 is 0 Å². The molecule has 22 heavy (non-hydrogen) atoms. The maximum Gasteiger partial charge on any atom is 0.249 e. The van der Waals surface area contributed by atoms with Gasteiger partial charge in [-0.05, 0) is 50.7 Å². The number of amides is 1. The van der Waals surface area contributed by atoms with E-state index >= 15 is 0 Å². The Hall–Kier alpha value is -2.08. The summed E-state index contributed by atoms with van der Waals surface area (Å²) in [5.41, 5.74) is 6.48. The molecule has 2 aromatic rings. The van der Waals surface area contributed by atoms with Crippen LogP contribution in [0.15, 0.2) is 29.5 Å². The lowest BCUT2D eigenvalue weighted by Crippen LogP contribution is -2.32. The largest absolute Gasteiger partial charge is 0.427 e. The van der Waals surface area contributed by atoms with Gasteiger partial charge in [-0.15, -0.1) is 0 Å². The third-order valence-electron chi connectivity index (χ3n) is 4.70. The number of H-pyrrole nitrogens is 1. The molecule has 1 fully saturated rings. The zero-order valence-corrected chi connectivity index (χ0v) is 12.7. The van der Waals surface area contributed by atoms with Crippen molar-refractivity contribution in [1.29, 1.82) is 0 Å². The molecule has 0 bridgehead atoms. The summed E-state index contributed by atoms with van der Waals surface area (Å²) in [6.07, 6.45) is 6.91. The van der Waals surface area contributed by atoms with Gasteiger partial charge in [-0.2, -0.15) is 4.73 Å². The average Bonchev–Trinajstić information content (AvgIpc) is 3.01. The van der Waals surface area contributed by atoms with Crippen molar-refractivity contribution >= 4 is 16.9 Å². The molecule has 1 saturated carbocycles. The number of hydrogen-bond donors (Lipinski definition) is 3. The van der Waals surface area contributed by atoms with Crippen LogP contribution < -0.4 is 11.1 Å². The van der Waals surface area contributed by atoms with E-state index in [1.807, 2.05) is 6.92 Å². The summed E-state index contributed by atoms with van der Waals surface area (Å²) in [6, 6.07) is 3.66. The van der Waals surface area contributed by atoms with E-state index in [0.29, 0.717) is 16.9 Å². The predicted molar refractivity (Wildman–Crippen MR) is 83.1 cm³/mol. The van der Waals surface area contributed by atoms with Gasteiger partial charge in [-0.1, -0.05) is 0 Å². The van der Waals surface area contributed by atoms with Gasteiger partial charge in [-0.3, -0.25) is 4.79 Å². The Kier molecular flexibility index (Phi) is 4.02. The third kappa shape index (κ3) is 2.78. The summed E-state index contributed by atoms with van der Waals surface area (Å²) in [4.78, 5) is 19.6. The molecule has 0 radical (unpaired) electrons. The van der Waals surface area contributed by atoms with Crippen LogP contribution in [0.5, 0.6) is 0 Å². The SMILES string of the molecule is C[C@@H](N)C1CCC(C(=O)N=c2ccn(O)c3[nH]ccc23)CC1. The first-order valence-corrected chi connectivity index (χ1v) is 7.78. The van der Waals surface area contributed by atoms with Crippen molar-refractivity contribution in [2.24, 2.45) is 22.6 Å². The number of pyridine rings is 1. The van der Waals surface area contributed by atoms with Crippen LogP contribution >= 0.6 is 0 Å². The molecular formula is C16H22N4O2. The molecule has 6 nitrogen and oxygen atoms in total. The zero-order valence-electron chi connectivity index (χ0n) is 12.7. The summed E-state index contributed by atoms with van der Waals surface area (Å²) >= 11 is 0. The second kappa shape index (κ2) is 5.96. The first-order chi connectivity index (χ1) is 10.6. The van der Waals surface area contributed by atoms with Crippen LogP contribution in [0.1, 0.15) is 32.6 Å². The van der Waals surface area contributed by atoms with Crippen molar-refractivity contribution in [1.82, 2.24) is 9.71 Å². The minimum Gasteiger partial charge on any atom is -0.427 e. The number of fused-ring (bicyclic) bond motifs is 1. The van der Waals surface area contributed by atoms with E-state index in [1.165, 1.54) is 6.20 Å². The highest BCUT2D eigenvalue weighted by Crippen LogP contribution is 2.30. The molecule has 1 amide bonds. The summed E-state index contributed by atoms with van der Waals surface area (Å²) in [5, 5.41) is 11.0. The number of hydrogen-bond acceptors (Lipinski definition) is 3. The van der Waals surface area contributed by atoms with Gasteiger partial charge in [0.15, 0.2) is 5.65 Å². The summed E-state index contributed by atoms with van der Waals surface area (Å²) in [7, 11) is 0. The molecule has 0 saturated heterocycles. The van der Waals surface area contributed by atoms with E-state index in [1.54, 1.807) is 18.3 Å². The lowest BCUT2D eigenvalue weighted by Gasteiger charge is -2.28. The molecule has 0 spiro atoms.